The third-order valence-corrected chi connectivity index (χ3v) is 7.23. The normalized spacial score (nSPS) is 11.8. The average Bonchev–Trinajstić information content (AvgIpc) is 3.52. The first-order chi connectivity index (χ1) is 18.3. The van der Waals surface area contributed by atoms with Crippen molar-refractivity contribution in [3.05, 3.63) is 127 Å². The average molecular weight is 476 g/mol. The molecule has 0 saturated heterocycles. The minimum absolute atomic E-state index is 0.828. The molecule has 3 heteroatoms. The monoisotopic (exact) mass is 475 g/mol. The molecule has 0 spiro atoms. The lowest BCUT2D eigenvalue weighted by Gasteiger charge is -2.25. The highest BCUT2D eigenvalue weighted by Crippen LogP contribution is 2.43. The van der Waals surface area contributed by atoms with Gasteiger partial charge >= 0.3 is 0 Å². The van der Waals surface area contributed by atoms with Crippen molar-refractivity contribution in [2.24, 2.45) is 0 Å². The van der Waals surface area contributed by atoms with Gasteiger partial charge < -0.3 is 13.7 Å². The van der Waals surface area contributed by atoms with Crippen molar-refractivity contribution >= 4 is 71.7 Å². The van der Waals surface area contributed by atoms with Crippen LogP contribution in [0.3, 0.4) is 0 Å². The highest BCUT2D eigenvalue weighted by molar-refractivity contribution is 6.24. The number of hydrogen-bond acceptors (Lipinski definition) is 3. The molecule has 174 valence electrons. The Labute approximate surface area is 212 Å². The summed E-state index contributed by atoms with van der Waals surface area (Å²) in [6, 6.07) is 44.2. The lowest BCUT2D eigenvalue weighted by Crippen LogP contribution is -2.09. The van der Waals surface area contributed by atoms with Crippen LogP contribution in [0.5, 0.6) is 0 Å². The van der Waals surface area contributed by atoms with Gasteiger partial charge in [-0.2, -0.15) is 0 Å². The third kappa shape index (κ3) is 3.01. The van der Waals surface area contributed by atoms with E-state index in [-0.39, 0.29) is 0 Å². The van der Waals surface area contributed by atoms with Crippen molar-refractivity contribution in [3.63, 3.8) is 0 Å². The summed E-state index contributed by atoms with van der Waals surface area (Å²) in [5.74, 6) is 0. The van der Waals surface area contributed by atoms with Gasteiger partial charge in [-0.3, -0.25) is 0 Å². The molecule has 0 bridgehead atoms. The predicted molar refractivity (Wildman–Crippen MR) is 153 cm³/mol. The maximum Gasteiger partial charge on any atom is 0.147 e. The van der Waals surface area contributed by atoms with Crippen LogP contribution in [0.2, 0.25) is 0 Å². The lowest BCUT2D eigenvalue weighted by atomic mass is 10.0. The maximum atomic E-state index is 6.64. The molecule has 2 heterocycles. The zero-order valence-corrected chi connectivity index (χ0v) is 19.9. The summed E-state index contributed by atoms with van der Waals surface area (Å²) < 4.78 is 13.0. The molecule has 2 aromatic heterocycles. The fourth-order valence-corrected chi connectivity index (χ4v) is 5.55. The van der Waals surface area contributed by atoms with E-state index in [0.717, 1.165) is 66.3 Å². The molecule has 8 rings (SSSR count). The number of nitrogens with zero attached hydrogens (tertiary/aromatic N) is 1. The van der Waals surface area contributed by atoms with Crippen LogP contribution in [0.15, 0.2) is 136 Å². The smallest absolute Gasteiger partial charge is 0.147 e. The largest absolute Gasteiger partial charge is 0.456 e. The van der Waals surface area contributed by atoms with Crippen molar-refractivity contribution in [2.45, 2.75) is 0 Å². The van der Waals surface area contributed by atoms with Crippen molar-refractivity contribution < 1.29 is 8.83 Å². The molecule has 0 aliphatic carbocycles. The number of fused-ring (bicyclic) bond motifs is 9. The Morgan fingerprint density at radius 1 is 0.405 bits per heavy atom. The third-order valence-electron chi connectivity index (χ3n) is 7.23. The number of para-hydroxylation sites is 2. The van der Waals surface area contributed by atoms with Gasteiger partial charge in [-0.1, -0.05) is 66.7 Å². The van der Waals surface area contributed by atoms with Gasteiger partial charge in [0.15, 0.2) is 0 Å². The topological polar surface area (TPSA) is 29.5 Å². The van der Waals surface area contributed by atoms with Crippen molar-refractivity contribution in [3.8, 4) is 0 Å². The van der Waals surface area contributed by atoms with E-state index in [4.69, 9.17) is 8.83 Å². The van der Waals surface area contributed by atoms with E-state index in [1.165, 1.54) is 5.39 Å². The minimum atomic E-state index is 0.828. The Bertz CT molecular complexity index is 2050. The Morgan fingerprint density at radius 3 is 1.84 bits per heavy atom. The Morgan fingerprint density at radius 2 is 1.05 bits per heavy atom. The fourth-order valence-electron chi connectivity index (χ4n) is 5.55. The van der Waals surface area contributed by atoms with Crippen LogP contribution in [-0.4, -0.2) is 0 Å². The first-order valence-corrected chi connectivity index (χ1v) is 12.4. The second kappa shape index (κ2) is 7.74. The molecule has 0 aliphatic heterocycles. The Balaban J connectivity index is 1.43. The summed E-state index contributed by atoms with van der Waals surface area (Å²) in [6.45, 7) is 0. The summed E-state index contributed by atoms with van der Waals surface area (Å²) >= 11 is 0. The number of anilines is 3. The zero-order valence-electron chi connectivity index (χ0n) is 19.9. The van der Waals surface area contributed by atoms with Crippen LogP contribution in [0.25, 0.3) is 54.6 Å². The van der Waals surface area contributed by atoms with Gasteiger partial charge in [0.05, 0.1) is 5.39 Å². The van der Waals surface area contributed by atoms with Crippen LogP contribution in [0, 0.1) is 0 Å². The SMILES string of the molecule is c1ccc(N(c2ccccc2)c2ccc3oc4ccc5c6ccc7ccccc7c6oc5c4c3c2)cc1. The van der Waals surface area contributed by atoms with E-state index in [9.17, 15) is 0 Å². The molecule has 0 radical (unpaired) electrons. The molecule has 0 saturated carbocycles. The second-order valence-corrected chi connectivity index (χ2v) is 9.37. The summed E-state index contributed by atoms with van der Waals surface area (Å²) in [4.78, 5) is 2.27. The molecular formula is C34H21NO2. The van der Waals surface area contributed by atoms with E-state index >= 15 is 0 Å². The summed E-state index contributed by atoms with van der Waals surface area (Å²) in [5.41, 5.74) is 6.72. The molecule has 0 N–H and O–H groups in total. The predicted octanol–water partition coefficient (Wildman–Crippen LogP) is 10.1. The Hall–Kier alpha value is -5.02. The quantitative estimate of drug-likeness (QED) is 0.255. The summed E-state index contributed by atoms with van der Waals surface area (Å²) in [7, 11) is 0. The molecule has 3 nitrogen and oxygen atoms in total. The molecule has 37 heavy (non-hydrogen) atoms. The van der Waals surface area contributed by atoms with Gasteiger partial charge in [0.2, 0.25) is 0 Å². The van der Waals surface area contributed by atoms with Crippen LogP contribution in [-0.2, 0) is 0 Å². The summed E-state index contributed by atoms with van der Waals surface area (Å²) in [5, 5.41) is 6.57. The van der Waals surface area contributed by atoms with Gasteiger partial charge in [0.25, 0.3) is 0 Å². The van der Waals surface area contributed by atoms with Crippen LogP contribution >= 0.6 is 0 Å². The van der Waals surface area contributed by atoms with Gasteiger partial charge in [-0.15, -0.1) is 0 Å². The van der Waals surface area contributed by atoms with Gasteiger partial charge in [-0.05, 0) is 66.0 Å². The molecule has 0 unspecified atom stereocenters. The van der Waals surface area contributed by atoms with E-state index in [1.807, 2.05) is 12.1 Å². The standard InChI is InChI=1S/C34H21NO2/c1-3-10-23(11-4-1)35(24-12-5-2-6-13-24)25-16-19-30-29(21-25)32-31(36-30)20-18-28-27-17-15-22-9-7-8-14-26(22)33(27)37-34(28)32/h1-21H. The molecule has 6 aromatic carbocycles. The molecule has 0 atom stereocenters. The van der Waals surface area contributed by atoms with Crippen LogP contribution < -0.4 is 4.90 Å². The molecular weight excluding hydrogens is 454 g/mol. The van der Waals surface area contributed by atoms with Crippen LogP contribution in [0.1, 0.15) is 0 Å². The number of hydrogen-bond donors (Lipinski definition) is 0. The first-order valence-electron chi connectivity index (χ1n) is 12.4. The van der Waals surface area contributed by atoms with Gasteiger partial charge in [-0.25, -0.2) is 0 Å². The number of benzene rings is 6. The van der Waals surface area contributed by atoms with Gasteiger partial charge in [0, 0.05) is 38.6 Å². The molecule has 0 fully saturated rings. The maximum absolute atomic E-state index is 6.64. The number of rotatable bonds is 3. The van der Waals surface area contributed by atoms with E-state index in [1.54, 1.807) is 0 Å². The lowest BCUT2D eigenvalue weighted by molar-refractivity contribution is 0.664. The van der Waals surface area contributed by atoms with Gasteiger partial charge in [0.1, 0.15) is 22.3 Å². The highest BCUT2D eigenvalue weighted by atomic mass is 16.3. The molecule has 8 aromatic rings. The minimum Gasteiger partial charge on any atom is -0.456 e. The molecule has 0 aliphatic rings. The first kappa shape index (κ1) is 20.2. The summed E-state index contributed by atoms with van der Waals surface area (Å²) in [6.07, 6.45) is 0. The second-order valence-electron chi connectivity index (χ2n) is 9.37. The van der Waals surface area contributed by atoms with Crippen molar-refractivity contribution in [2.75, 3.05) is 4.90 Å². The Kier molecular flexibility index (Phi) is 4.23. The van der Waals surface area contributed by atoms with E-state index in [2.05, 4.69) is 120 Å². The number of furan rings is 2. The van der Waals surface area contributed by atoms with Crippen LogP contribution in [0.4, 0.5) is 17.1 Å². The fraction of sp³-hybridized carbons (Fsp3) is 0. The highest BCUT2D eigenvalue weighted by Gasteiger charge is 2.19. The van der Waals surface area contributed by atoms with E-state index < -0.39 is 0 Å². The van der Waals surface area contributed by atoms with Crippen molar-refractivity contribution in [1.82, 2.24) is 0 Å². The van der Waals surface area contributed by atoms with E-state index in [0.29, 0.717) is 0 Å². The zero-order chi connectivity index (χ0) is 24.3. The molecule has 0 amide bonds. The van der Waals surface area contributed by atoms with Crippen molar-refractivity contribution in [1.29, 1.82) is 0 Å².